The van der Waals surface area contributed by atoms with Gasteiger partial charge in [0.25, 0.3) is 0 Å². The van der Waals surface area contributed by atoms with E-state index in [0.29, 0.717) is 6.61 Å². The minimum Gasteiger partial charge on any atom is -0.454 e. The molecule has 0 aliphatic carbocycles. The van der Waals surface area contributed by atoms with Gasteiger partial charge < -0.3 is 19.3 Å². The zero-order valence-electron chi connectivity index (χ0n) is 11.0. The van der Waals surface area contributed by atoms with Crippen LogP contribution in [0.5, 0.6) is 0 Å². The maximum absolute atomic E-state index is 11.3. The summed E-state index contributed by atoms with van der Waals surface area (Å²) in [6, 6.07) is 0. The topological polar surface area (TPSA) is 65.0 Å². The summed E-state index contributed by atoms with van der Waals surface area (Å²) in [5.74, 6) is -0.815. The van der Waals surface area contributed by atoms with E-state index < -0.39 is 30.6 Å². The average Bonchev–Trinajstić information content (AvgIpc) is 2.40. The Morgan fingerprint density at radius 1 is 1.58 bits per heavy atom. The van der Waals surface area contributed by atoms with Gasteiger partial charge in [0, 0.05) is 6.61 Å². The molecular formula is C13H19ClO5. The highest BCUT2D eigenvalue weighted by Crippen LogP contribution is 2.20. The number of hydrogen-bond acceptors (Lipinski definition) is 5. The van der Waals surface area contributed by atoms with Crippen molar-refractivity contribution in [1.82, 2.24) is 0 Å². The van der Waals surface area contributed by atoms with Crippen LogP contribution < -0.4 is 0 Å². The summed E-state index contributed by atoms with van der Waals surface area (Å²) >= 11 is 5.41. The van der Waals surface area contributed by atoms with Crippen molar-refractivity contribution in [3.63, 3.8) is 0 Å². The van der Waals surface area contributed by atoms with Crippen molar-refractivity contribution < 1.29 is 24.1 Å². The summed E-state index contributed by atoms with van der Waals surface area (Å²) in [7, 11) is 0. The maximum atomic E-state index is 11.3. The highest BCUT2D eigenvalue weighted by atomic mass is 35.5. The summed E-state index contributed by atoms with van der Waals surface area (Å²) < 4.78 is 16.0. The summed E-state index contributed by atoms with van der Waals surface area (Å²) in [5.41, 5.74) is 0. The number of esters is 1. The Labute approximate surface area is 117 Å². The standard InChI is InChI=1S/C13H19ClO5/c1-3-5-10(18-11(16)8-14)13-9(15)6-7-12(19-13)17-4-2/h3,5-7,9-10,12-13,15H,4,8H2,1-2H3/b5-3+/t9-,10-,12-,13-/m0/s1. The van der Waals surface area contributed by atoms with Crippen LogP contribution in [0.1, 0.15) is 13.8 Å². The zero-order valence-corrected chi connectivity index (χ0v) is 11.7. The quantitative estimate of drug-likeness (QED) is 0.455. The molecule has 0 spiro atoms. The minimum absolute atomic E-state index is 0.248. The first-order valence-electron chi connectivity index (χ1n) is 6.14. The lowest BCUT2D eigenvalue weighted by molar-refractivity contribution is -0.197. The lowest BCUT2D eigenvalue weighted by Gasteiger charge is -2.33. The Bertz CT molecular complexity index is 342. The van der Waals surface area contributed by atoms with Gasteiger partial charge in [-0.25, -0.2) is 0 Å². The molecule has 1 aliphatic heterocycles. The van der Waals surface area contributed by atoms with Crippen LogP contribution in [0.15, 0.2) is 24.3 Å². The van der Waals surface area contributed by atoms with Crippen LogP contribution in [-0.4, -0.2) is 48.2 Å². The second-order valence-corrected chi connectivity index (χ2v) is 4.18. The molecule has 1 N–H and O–H groups in total. The van der Waals surface area contributed by atoms with Crippen molar-refractivity contribution in [3.8, 4) is 0 Å². The largest absolute Gasteiger partial charge is 0.454 e. The lowest BCUT2D eigenvalue weighted by Crippen LogP contribution is -2.45. The first-order chi connectivity index (χ1) is 9.12. The van der Waals surface area contributed by atoms with Crippen LogP contribution >= 0.6 is 11.6 Å². The van der Waals surface area contributed by atoms with E-state index in [4.69, 9.17) is 25.8 Å². The van der Waals surface area contributed by atoms with E-state index in [2.05, 4.69) is 0 Å². The predicted molar refractivity (Wildman–Crippen MR) is 70.8 cm³/mol. The number of carbonyl (C=O) groups excluding carboxylic acids is 1. The number of halogens is 1. The van der Waals surface area contributed by atoms with Crippen molar-refractivity contribution in [2.45, 2.75) is 38.4 Å². The Morgan fingerprint density at radius 3 is 2.89 bits per heavy atom. The number of hydrogen-bond donors (Lipinski definition) is 1. The number of allylic oxidation sites excluding steroid dienone is 1. The number of rotatable bonds is 6. The van der Waals surface area contributed by atoms with Crippen LogP contribution in [0.4, 0.5) is 0 Å². The van der Waals surface area contributed by atoms with E-state index in [1.54, 1.807) is 31.2 Å². The Balaban J connectivity index is 2.76. The van der Waals surface area contributed by atoms with Crippen molar-refractivity contribution in [2.24, 2.45) is 0 Å². The molecule has 5 nitrogen and oxygen atoms in total. The Kier molecular flexibility index (Phi) is 7.09. The summed E-state index contributed by atoms with van der Waals surface area (Å²) in [5, 5.41) is 9.91. The van der Waals surface area contributed by atoms with Gasteiger partial charge >= 0.3 is 5.97 Å². The number of ether oxygens (including phenoxy) is 3. The SMILES string of the molecule is C/C=C/[C@H](OC(=O)CCl)[C@H]1O[C@H](OCC)C=C[C@@H]1O. The second kappa shape index (κ2) is 8.32. The molecule has 0 radical (unpaired) electrons. The molecule has 1 aliphatic rings. The van der Waals surface area contributed by atoms with E-state index in [1.165, 1.54) is 0 Å². The van der Waals surface area contributed by atoms with Crippen LogP contribution in [0.2, 0.25) is 0 Å². The fourth-order valence-corrected chi connectivity index (χ4v) is 1.78. The molecule has 0 unspecified atom stereocenters. The van der Waals surface area contributed by atoms with Crippen LogP contribution in [0, 0.1) is 0 Å². The van der Waals surface area contributed by atoms with Crippen molar-refractivity contribution in [3.05, 3.63) is 24.3 Å². The normalized spacial score (nSPS) is 28.5. The number of carbonyl (C=O) groups is 1. The Morgan fingerprint density at radius 2 is 2.32 bits per heavy atom. The number of aliphatic hydroxyl groups excluding tert-OH is 1. The molecule has 0 amide bonds. The lowest BCUT2D eigenvalue weighted by atomic mass is 10.0. The third kappa shape index (κ3) is 4.95. The zero-order chi connectivity index (χ0) is 14.3. The molecule has 4 atom stereocenters. The summed E-state index contributed by atoms with van der Waals surface area (Å²) in [4.78, 5) is 11.3. The molecule has 0 aromatic rings. The number of aliphatic hydroxyl groups is 1. The minimum atomic E-state index is -0.874. The third-order valence-electron chi connectivity index (χ3n) is 2.51. The van der Waals surface area contributed by atoms with Crippen LogP contribution in [0.25, 0.3) is 0 Å². The van der Waals surface area contributed by atoms with Gasteiger partial charge in [-0.2, -0.15) is 0 Å². The fourth-order valence-electron chi connectivity index (χ4n) is 1.71. The van der Waals surface area contributed by atoms with Crippen LogP contribution in [0.3, 0.4) is 0 Å². The van der Waals surface area contributed by atoms with Gasteiger partial charge in [0.1, 0.15) is 24.2 Å². The second-order valence-electron chi connectivity index (χ2n) is 3.91. The first kappa shape index (κ1) is 16.2. The highest BCUT2D eigenvalue weighted by molar-refractivity contribution is 6.26. The van der Waals surface area contributed by atoms with Gasteiger partial charge in [-0.1, -0.05) is 12.2 Å². The van der Waals surface area contributed by atoms with Gasteiger partial charge in [0.15, 0.2) is 6.29 Å². The van der Waals surface area contributed by atoms with Gasteiger partial charge in [0.05, 0.1) is 0 Å². The third-order valence-corrected chi connectivity index (χ3v) is 2.73. The van der Waals surface area contributed by atoms with E-state index in [-0.39, 0.29) is 5.88 Å². The van der Waals surface area contributed by atoms with Gasteiger partial charge in [0.2, 0.25) is 0 Å². The predicted octanol–water partition coefficient (Wildman–Crippen LogP) is 1.39. The fraction of sp³-hybridized carbons (Fsp3) is 0.615. The van der Waals surface area contributed by atoms with E-state index in [0.717, 1.165) is 0 Å². The molecule has 0 aromatic carbocycles. The molecule has 0 saturated heterocycles. The first-order valence-corrected chi connectivity index (χ1v) is 6.67. The van der Waals surface area contributed by atoms with Gasteiger partial charge in [-0.3, -0.25) is 4.79 Å². The van der Waals surface area contributed by atoms with E-state index in [9.17, 15) is 9.90 Å². The van der Waals surface area contributed by atoms with Crippen molar-refractivity contribution >= 4 is 17.6 Å². The van der Waals surface area contributed by atoms with Crippen molar-refractivity contribution in [2.75, 3.05) is 12.5 Å². The van der Waals surface area contributed by atoms with Crippen LogP contribution in [-0.2, 0) is 19.0 Å². The molecule has 108 valence electrons. The van der Waals surface area contributed by atoms with Gasteiger partial charge in [-0.05, 0) is 26.0 Å². The average molecular weight is 291 g/mol. The molecule has 1 rings (SSSR count). The monoisotopic (exact) mass is 290 g/mol. The molecule has 19 heavy (non-hydrogen) atoms. The maximum Gasteiger partial charge on any atom is 0.321 e. The van der Waals surface area contributed by atoms with Crippen molar-refractivity contribution in [1.29, 1.82) is 0 Å². The summed E-state index contributed by atoms with van der Waals surface area (Å²) in [6.45, 7) is 4.11. The molecule has 6 heteroatoms. The molecule has 0 saturated carbocycles. The highest BCUT2D eigenvalue weighted by Gasteiger charge is 2.34. The van der Waals surface area contributed by atoms with E-state index in [1.807, 2.05) is 6.92 Å². The smallest absolute Gasteiger partial charge is 0.321 e. The molecule has 0 aromatic heterocycles. The van der Waals surface area contributed by atoms with E-state index >= 15 is 0 Å². The molecule has 0 bridgehead atoms. The van der Waals surface area contributed by atoms with Gasteiger partial charge in [-0.15, -0.1) is 11.6 Å². The molecular weight excluding hydrogens is 272 g/mol. The molecule has 1 heterocycles. The Hall–Kier alpha value is -0.880. The number of alkyl halides is 1. The summed E-state index contributed by atoms with van der Waals surface area (Å²) in [6.07, 6.45) is 3.70. The molecule has 0 fully saturated rings.